The topological polar surface area (TPSA) is 98.1 Å². The molecule has 0 radical (unpaired) electrons. The van der Waals surface area contributed by atoms with Gasteiger partial charge in [-0.25, -0.2) is 4.79 Å². The van der Waals surface area contributed by atoms with Crippen LogP contribution in [-0.2, 0) is 7.05 Å². The van der Waals surface area contributed by atoms with Gasteiger partial charge in [0.1, 0.15) is 11.4 Å². The highest BCUT2D eigenvalue weighted by atomic mass is 16.5. The van der Waals surface area contributed by atoms with Crippen molar-refractivity contribution < 1.29 is 14.3 Å². The highest BCUT2D eigenvalue weighted by Crippen LogP contribution is 2.25. The zero-order valence-corrected chi connectivity index (χ0v) is 12.5. The Hall–Kier alpha value is -3.07. The number of aromatic nitrogens is 1. The molecule has 1 aromatic heterocycles. The Labute approximate surface area is 127 Å². The maximum absolute atomic E-state index is 12.3. The van der Waals surface area contributed by atoms with Gasteiger partial charge in [0.05, 0.1) is 17.2 Å². The Balaban J connectivity index is 2.34. The van der Waals surface area contributed by atoms with Gasteiger partial charge in [0.15, 0.2) is 0 Å². The molecule has 0 spiro atoms. The lowest BCUT2D eigenvalue weighted by Gasteiger charge is -2.11. The number of benzene rings is 1. The molecule has 2 N–H and O–H groups in total. The number of hydrogen-bond acceptors (Lipinski definition) is 4. The van der Waals surface area contributed by atoms with E-state index in [4.69, 9.17) is 15.7 Å². The second kappa shape index (κ2) is 5.74. The van der Waals surface area contributed by atoms with Crippen LogP contribution in [0.5, 0.6) is 5.75 Å². The van der Waals surface area contributed by atoms with E-state index in [0.29, 0.717) is 22.4 Å². The normalized spacial score (nSPS) is 10.1. The molecule has 1 aromatic carbocycles. The summed E-state index contributed by atoms with van der Waals surface area (Å²) in [6.07, 6.45) is 1.47. The van der Waals surface area contributed by atoms with Crippen molar-refractivity contribution in [3.05, 3.63) is 52.3 Å². The van der Waals surface area contributed by atoms with Crippen molar-refractivity contribution in [2.24, 2.45) is 12.8 Å². The Bertz CT molecular complexity index is 790. The van der Waals surface area contributed by atoms with E-state index in [2.05, 4.69) is 0 Å². The van der Waals surface area contributed by atoms with E-state index < -0.39 is 11.9 Å². The van der Waals surface area contributed by atoms with Gasteiger partial charge in [-0.3, -0.25) is 4.79 Å². The lowest BCUT2D eigenvalue weighted by molar-refractivity contribution is 0.0722. The van der Waals surface area contributed by atoms with E-state index in [0.717, 1.165) is 0 Å². The number of esters is 1. The molecular weight excluding hydrogens is 282 g/mol. The zero-order valence-electron chi connectivity index (χ0n) is 12.5. The summed E-state index contributed by atoms with van der Waals surface area (Å²) in [5.41, 5.74) is 7.53. The minimum absolute atomic E-state index is 0.219. The molecule has 2 aromatic rings. The van der Waals surface area contributed by atoms with Gasteiger partial charge in [-0.2, -0.15) is 5.26 Å². The van der Waals surface area contributed by atoms with Crippen molar-refractivity contribution in [3.63, 3.8) is 0 Å². The minimum Gasteiger partial charge on any atom is -0.421 e. The van der Waals surface area contributed by atoms with Crippen molar-refractivity contribution in [2.75, 3.05) is 0 Å². The molecule has 22 heavy (non-hydrogen) atoms. The van der Waals surface area contributed by atoms with E-state index in [-0.39, 0.29) is 11.3 Å². The number of ether oxygens (including phenoxy) is 1. The van der Waals surface area contributed by atoms with Crippen LogP contribution in [0.15, 0.2) is 24.4 Å². The Kier molecular flexibility index (Phi) is 4.00. The Morgan fingerprint density at radius 2 is 1.82 bits per heavy atom. The van der Waals surface area contributed by atoms with Crippen LogP contribution in [0.25, 0.3) is 0 Å². The predicted octanol–water partition coefficient (Wildman–Crippen LogP) is 1.83. The molecule has 0 aliphatic rings. The van der Waals surface area contributed by atoms with E-state index >= 15 is 0 Å². The summed E-state index contributed by atoms with van der Waals surface area (Å²) in [5.74, 6) is -0.794. The molecule has 6 heteroatoms. The summed E-state index contributed by atoms with van der Waals surface area (Å²) in [6, 6.07) is 6.73. The van der Waals surface area contributed by atoms with E-state index in [9.17, 15) is 9.59 Å². The average molecular weight is 297 g/mol. The SMILES string of the molecule is Cc1cc(C#N)cc(C)c1OC(=O)c1cc(C(N)=O)cn1C. The molecule has 112 valence electrons. The van der Waals surface area contributed by atoms with Crippen molar-refractivity contribution in [3.8, 4) is 11.8 Å². The maximum Gasteiger partial charge on any atom is 0.360 e. The third-order valence-electron chi connectivity index (χ3n) is 3.28. The quantitative estimate of drug-likeness (QED) is 0.690. The van der Waals surface area contributed by atoms with Gasteiger partial charge in [-0.1, -0.05) is 0 Å². The highest BCUT2D eigenvalue weighted by Gasteiger charge is 2.18. The van der Waals surface area contributed by atoms with Gasteiger partial charge < -0.3 is 15.0 Å². The van der Waals surface area contributed by atoms with Crippen LogP contribution in [-0.4, -0.2) is 16.4 Å². The summed E-state index contributed by atoms with van der Waals surface area (Å²) < 4.78 is 6.90. The second-order valence-electron chi connectivity index (χ2n) is 5.03. The molecule has 6 nitrogen and oxygen atoms in total. The summed E-state index contributed by atoms with van der Waals surface area (Å²) in [6.45, 7) is 3.52. The highest BCUT2D eigenvalue weighted by molar-refractivity contribution is 5.97. The van der Waals surface area contributed by atoms with Crippen LogP contribution < -0.4 is 10.5 Å². The van der Waals surface area contributed by atoms with Crippen LogP contribution in [0, 0.1) is 25.2 Å². The lowest BCUT2D eigenvalue weighted by Crippen LogP contribution is -2.14. The van der Waals surface area contributed by atoms with Gasteiger partial charge in [0.2, 0.25) is 5.91 Å². The summed E-state index contributed by atoms with van der Waals surface area (Å²) >= 11 is 0. The second-order valence-corrected chi connectivity index (χ2v) is 5.03. The van der Waals surface area contributed by atoms with Crippen LogP contribution in [0.2, 0.25) is 0 Å². The number of hydrogen-bond donors (Lipinski definition) is 1. The van der Waals surface area contributed by atoms with Gasteiger partial charge in [0, 0.05) is 13.2 Å². The fraction of sp³-hybridized carbons (Fsp3) is 0.188. The molecule has 1 heterocycles. The number of carbonyl (C=O) groups is 2. The summed E-state index contributed by atoms with van der Waals surface area (Å²) in [7, 11) is 1.63. The number of carbonyl (C=O) groups excluding carboxylic acids is 2. The number of nitrogens with two attached hydrogens (primary N) is 1. The fourth-order valence-electron chi connectivity index (χ4n) is 2.22. The number of nitriles is 1. The molecule has 0 saturated heterocycles. The van der Waals surface area contributed by atoms with Crippen LogP contribution in [0.3, 0.4) is 0 Å². The molecule has 0 atom stereocenters. The molecule has 0 bridgehead atoms. The van der Waals surface area contributed by atoms with Crippen molar-refractivity contribution in [2.45, 2.75) is 13.8 Å². The van der Waals surface area contributed by atoms with E-state index in [1.54, 1.807) is 33.0 Å². The van der Waals surface area contributed by atoms with Crippen molar-refractivity contribution >= 4 is 11.9 Å². The molecule has 2 rings (SSSR count). The van der Waals surface area contributed by atoms with Crippen molar-refractivity contribution in [1.29, 1.82) is 5.26 Å². The standard InChI is InChI=1S/C16H15N3O3/c1-9-4-11(7-17)5-10(2)14(9)22-16(21)13-6-12(15(18)20)8-19(13)3/h4-6,8H,1-3H3,(H2,18,20). The largest absolute Gasteiger partial charge is 0.421 e. The number of amides is 1. The van der Waals surface area contributed by atoms with Crippen LogP contribution >= 0.6 is 0 Å². The first-order valence-electron chi connectivity index (χ1n) is 6.53. The number of aryl methyl sites for hydroxylation is 3. The Morgan fingerprint density at radius 1 is 1.23 bits per heavy atom. The van der Waals surface area contributed by atoms with Crippen LogP contribution in [0.1, 0.15) is 37.5 Å². The fourth-order valence-corrected chi connectivity index (χ4v) is 2.22. The monoisotopic (exact) mass is 297 g/mol. The van der Waals surface area contributed by atoms with Gasteiger partial charge in [-0.05, 0) is 43.2 Å². The number of primary amides is 1. The van der Waals surface area contributed by atoms with Crippen molar-refractivity contribution in [1.82, 2.24) is 4.57 Å². The van der Waals surface area contributed by atoms with Crippen LogP contribution in [0.4, 0.5) is 0 Å². The first kappa shape index (κ1) is 15.3. The smallest absolute Gasteiger partial charge is 0.360 e. The maximum atomic E-state index is 12.3. The third-order valence-corrected chi connectivity index (χ3v) is 3.28. The molecule has 0 aliphatic heterocycles. The zero-order chi connectivity index (χ0) is 16.4. The summed E-state index contributed by atoms with van der Waals surface area (Å²) in [5, 5.41) is 8.92. The van der Waals surface area contributed by atoms with Gasteiger partial charge in [-0.15, -0.1) is 0 Å². The number of rotatable bonds is 3. The average Bonchev–Trinajstić information content (AvgIpc) is 2.84. The van der Waals surface area contributed by atoms with E-state index in [1.165, 1.54) is 16.8 Å². The lowest BCUT2D eigenvalue weighted by atomic mass is 10.1. The van der Waals surface area contributed by atoms with Gasteiger partial charge in [0.25, 0.3) is 0 Å². The molecule has 1 amide bonds. The molecule has 0 saturated carbocycles. The molecular formula is C16H15N3O3. The Morgan fingerprint density at radius 3 is 2.27 bits per heavy atom. The number of nitrogens with zero attached hydrogens (tertiary/aromatic N) is 2. The van der Waals surface area contributed by atoms with Gasteiger partial charge >= 0.3 is 5.97 Å². The first-order valence-corrected chi connectivity index (χ1v) is 6.53. The molecule has 0 fully saturated rings. The minimum atomic E-state index is -0.611. The first-order chi connectivity index (χ1) is 10.3. The molecule has 0 unspecified atom stereocenters. The van der Waals surface area contributed by atoms with E-state index in [1.807, 2.05) is 6.07 Å². The summed E-state index contributed by atoms with van der Waals surface area (Å²) in [4.78, 5) is 23.4. The molecule has 0 aliphatic carbocycles. The predicted molar refractivity (Wildman–Crippen MR) is 79.5 cm³/mol. The third kappa shape index (κ3) is 2.83.